The smallest absolute Gasteiger partial charge is 0.0546 e. The Morgan fingerprint density at radius 2 is 1.02 bits per heavy atom. The van der Waals surface area contributed by atoms with Gasteiger partial charge >= 0.3 is 0 Å². The molecule has 6 fully saturated rings. The van der Waals surface area contributed by atoms with Crippen LogP contribution in [0.1, 0.15) is 148 Å². The fourth-order valence-electron chi connectivity index (χ4n) is 15.7. The highest BCUT2D eigenvalue weighted by atomic mass is 28.3. The molecule has 0 amide bonds. The zero-order chi connectivity index (χ0) is 35.3. The van der Waals surface area contributed by atoms with Crippen molar-refractivity contribution in [2.24, 2.45) is 65.1 Å². The molecule has 14 atom stereocenters. The maximum Gasteiger partial charge on any atom is 0.0546 e. The van der Waals surface area contributed by atoms with Gasteiger partial charge in [0.2, 0.25) is 0 Å². The Bertz CT molecular complexity index is 1480. The van der Waals surface area contributed by atoms with Crippen molar-refractivity contribution in [1.29, 1.82) is 0 Å². The van der Waals surface area contributed by atoms with E-state index in [9.17, 15) is 0 Å². The van der Waals surface area contributed by atoms with E-state index < -0.39 is 8.07 Å². The second-order valence-corrected chi connectivity index (χ2v) is 27.3. The summed E-state index contributed by atoms with van der Waals surface area (Å²) in [6.07, 6.45) is 16.6. The van der Waals surface area contributed by atoms with E-state index in [0.717, 1.165) is 82.1 Å². The Morgan fingerprint density at radius 3 is 1.58 bits per heavy atom. The fraction of sp³-hybridized carbons (Fsp3) is 0.755. The van der Waals surface area contributed by atoms with Crippen molar-refractivity contribution in [3.05, 3.63) is 70.8 Å². The van der Waals surface area contributed by atoms with Crippen LogP contribution in [0.3, 0.4) is 0 Å². The van der Waals surface area contributed by atoms with E-state index in [1.165, 1.54) is 68.9 Å². The Hall–Kier alpha value is -1.34. The first-order valence-electron chi connectivity index (χ1n) is 21.8. The first kappa shape index (κ1) is 35.7. The minimum absolute atomic E-state index is 0.232. The van der Waals surface area contributed by atoms with E-state index in [4.69, 9.17) is 0 Å². The van der Waals surface area contributed by atoms with Crippen molar-refractivity contribution < 1.29 is 0 Å². The largest absolute Gasteiger partial charge is 0.0689 e. The molecule has 0 radical (unpaired) electrons. The van der Waals surface area contributed by atoms with Crippen molar-refractivity contribution >= 4 is 8.07 Å². The molecule has 14 unspecified atom stereocenters. The molecular formula is C49H74Si. The average Bonchev–Trinajstić information content (AvgIpc) is 3.84. The van der Waals surface area contributed by atoms with E-state index in [1.807, 2.05) is 0 Å². The monoisotopic (exact) mass is 691 g/mol. The first-order chi connectivity index (χ1) is 23.6. The lowest BCUT2D eigenvalue weighted by molar-refractivity contribution is 0.0712. The predicted octanol–water partition coefficient (Wildman–Crippen LogP) is 13.9. The van der Waals surface area contributed by atoms with Gasteiger partial charge in [-0.3, -0.25) is 0 Å². The van der Waals surface area contributed by atoms with Gasteiger partial charge in [-0.2, -0.15) is 0 Å². The molecule has 0 saturated heterocycles. The van der Waals surface area contributed by atoms with E-state index in [-0.39, 0.29) is 10.8 Å². The molecule has 8 rings (SSSR count). The second kappa shape index (κ2) is 12.9. The standard InChI is InChI=1S/C49H74Si/c1-30-25-40-41(27-32-17-21-36(22-18-32)48(3,4)5)38-15-11-13-34(38)28-43(40)46(30)50(9,10)47-31(2)26-42-44(47)29-35-14-12-16-39(35)45(42)33-19-23-37(24-20-33)49(6,7)8/h17-24,30-31,34-35,38-47H,11-16,25-29H2,1-10H3. The van der Waals surface area contributed by atoms with Crippen molar-refractivity contribution in [1.82, 2.24) is 0 Å². The summed E-state index contributed by atoms with van der Waals surface area (Å²) >= 11 is 0. The molecule has 6 aliphatic rings. The molecule has 2 aromatic carbocycles. The molecule has 0 N–H and O–H groups in total. The molecule has 0 spiro atoms. The van der Waals surface area contributed by atoms with Crippen molar-refractivity contribution in [2.45, 2.75) is 167 Å². The van der Waals surface area contributed by atoms with Gasteiger partial charge in [0.25, 0.3) is 0 Å². The van der Waals surface area contributed by atoms with Crippen LogP contribution in [-0.4, -0.2) is 8.07 Å². The highest BCUT2D eigenvalue weighted by Crippen LogP contribution is 2.70. The number of benzene rings is 2. The Labute approximate surface area is 309 Å². The highest BCUT2D eigenvalue weighted by Gasteiger charge is 2.63. The van der Waals surface area contributed by atoms with Gasteiger partial charge in [0, 0.05) is 0 Å². The van der Waals surface area contributed by atoms with Gasteiger partial charge in [0.05, 0.1) is 8.07 Å². The van der Waals surface area contributed by atoms with Crippen molar-refractivity contribution in [3.63, 3.8) is 0 Å². The third-order valence-corrected chi connectivity index (χ3v) is 22.7. The van der Waals surface area contributed by atoms with Crippen molar-refractivity contribution in [2.75, 3.05) is 0 Å². The summed E-state index contributed by atoms with van der Waals surface area (Å²) in [6.45, 7) is 25.7. The highest BCUT2D eigenvalue weighted by molar-refractivity contribution is 6.80. The lowest BCUT2D eigenvalue weighted by Crippen LogP contribution is -2.49. The van der Waals surface area contributed by atoms with Crippen LogP contribution in [0.15, 0.2) is 48.5 Å². The molecule has 0 heterocycles. The molecule has 6 aliphatic carbocycles. The van der Waals surface area contributed by atoms with Gasteiger partial charge in [-0.05, 0) is 160 Å². The minimum atomic E-state index is -1.58. The summed E-state index contributed by atoms with van der Waals surface area (Å²) in [7, 11) is -1.58. The zero-order valence-corrected chi connectivity index (χ0v) is 35.0. The summed E-state index contributed by atoms with van der Waals surface area (Å²) in [5.74, 6) is 11.4. The molecule has 0 nitrogen and oxygen atoms in total. The summed E-state index contributed by atoms with van der Waals surface area (Å²) < 4.78 is 0. The average molecular weight is 691 g/mol. The normalized spacial score (nSPS) is 41.5. The Balaban J connectivity index is 1.08. The van der Waals surface area contributed by atoms with Crippen LogP contribution in [0.25, 0.3) is 0 Å². The van der Waals surface area contributed by atoms with Gasteiger partial charge in [0.1, 0.15) is 0 Å². The van der Waals surface area contributed by atoms with Crippen LogP contribution in [0.4, 0.5) is 0 Å². The van der Waals surface area contributed by atoms with Crippen LogP contribution in [0.2, 0.25) is 24.2 Å². The van der Waals surface area contributed by atoms with E-state index >= 15 is 0 Å². The Kier molecular flexibility index (Phi) is 9.21. The maximum absolute atomic E-state index is 2.97. The molecule has 50 heavy (non-hydrogen) atoms. The molecule has 1 heteroatoms. The SMILES string of the molecule is CC1CC2C(Cc3ccc(C(C)(C)C)cc3)C3CCCC3CC2C1[Si](C)(C)C1C(C)CC2C1CC1CCCC1C2c1ccc(C(C)(C)C)cc1. The number of hydrogen-bond acceptors (Lipinski definition) is 0. The minimum Gasteiger partial charge on any atom is -0.0689 e. The first-order valence-corrected chi connectivity index (χ1v) is 25.0. The van der Waals surface area contributed by atoms with Gasteiger partial charge < -0.3 is 0 Å². The number of fused-ring (bicyclic) bond motifs is 4. The van der Waals surface area contributed by atoms with Crippen LogP contribution in [-0.2, 0) is 17.3 Å². The number of hydrogen-bond donors (Lipinski definition) is 0. The van der Waals surface area contributed by atoms with Gasteiger partial charge in [-0.15, -0.1) is 0 Å². The zero-order valence-electron chi connectivity index (χ0n) is 34.0. The molecule has 6 saturated carbocycles. The van der Waals surface area contributed by atoms with Crippen LogP contribution in [0.5, 0.6) is 0 Å². The third-order valence-electron chi connectivity index (χ3n) is 17.3. The second-order valence-electron chi connectivity index (χ2n) is 22.3. The van der Waals surface area contributed by atoms with Gasteiger partial charge in [0.15, 0.2) is 0 Å². The quantitative estimate of drug-likeness (QED) is 0.274. The van der Waals surface area contributed by atoms with Crippen LogP contribution in [0, 0.1) is 65.1 Å². The van der Waals surface area contributed by atoms with Crippen LogP contribution < -0.4 is 0 Å². The fourth-order valence-corrected chi connectivity index (χ4v) is 22.3. The van der Waals surface area contributed by atoms with Crippen molar-refractivity contribution in [3.8, 4) is 0 Å². The molecule has 0 bridgehead atoms. The van der Waals surface area contributed by atoms with Gasteiger partial charge in [-0.25, -0.2) is 0 Å². The molecule has 0 aliphatic heterocycles. The maximum atomic E-state index is 2.97. The lowest BCUT2D eigenvalue weighted by Gasteiger charge is -2.52. The summed E-state index contributed by atoms with van der Waals surface area (Å²) in [6, 6.07) is 20.2. The third kappa shape index (κ3) is 6.06. The Morgan fingerprint density at radius 1 is 0.540 bits per heavy atom. The molecule has 274 valence electrons. The van der Waals surface area contributed by atoms with E-state index in [1.54, 1.807) is 24.0 Å². The van der Waals surface area contributed by atoms with Gasteiger partial charge in [-0.1, -0.05) is 143 Å². The summed E-state index contributed by atoms with van der Waals surface area (Å²) in [5.41, 5.74) is 8.84. The lowest BCUT2D eigenvalue weighted by atomic mass is 9.61. The topological polar surface area (TPSA) is 0 Å². The molecule has 2 aromatic rings. The molecular weight excluding hydrogens is 617 g/mol. The predicted molar refractivity (Wildman–Crippen MR) is 218 cm³/mol. The van der Waals surface area contributed by atoms with E-state index in [0.29, 0.717) is 0 Å². The van der Waals surface area contributed by atoms with Crippen LogP contribution >= 0.6 is 0 Å². The number of rotatable bonds is 5. The summed E-state index contributed by atoms with van der Waals surface area (Å²) in [5, 5.41) is 0. The summed E-state index contributed by atoms with van der Waals surface area (Å²) in [4.78, 5) is 0. The molecule has 0 aromatic heterocycles. The van der Waals surface area contributed by atoms with E-state index in [2.05, 4.69) is 117 Å².